The first kappa shape index (κ1) is 23.1. The lowest BCUT2D eigenvalue weighted by Gasteiger charge is -2.38. The highest BCUT2D eigenvalue weighted by Crippen LogP contribution is 2.37. The van der Waals surface area contributed by atoms with Gasteiger partial charge in [0.15, 0.2) is 0 Å². The van der Waals surface area contributed by atoms with Crippen molar-refractivity contribution in [3.8, 4) is 5.75 Å². The summed E-state index contributed by atoms with van der Waals surface area (Å²) in [6.45, 7) is 3.84. The van der Waals surface area contributed by atoms with Crippen LogP contribution in [0.15, 0.2) is 42.7 Å². The summed E-state index contributed by atoms with van der Waals surface area (Å²) in [7, 11) is 1.97. The summed E-state index contributed by atoms with van der Waals surface area (Å²) < 4.78 is 45.9. The number of carbonyl (C=O) groups is 1. The fraction of sp³-hybridized carbons (Fsp3) is 0.524. The third kappa shape index (κ3) is 6.70. The highest BCUT2D eigenvalue weighted by atomic mass is 19.4. The van der Waals surface area contributed by atoms with Gasteiger partial charge in [0, 0.05) is 44.9 Å². The maximum absolute atomic E-state index is 10.6. The van der Waals surface area contributed by atoms with Crippen molar-refractivity contribution in [3.05, 3.63) is 48.3 Å². The number of likely N-dealkylation sites (tertiary alicyclic amines) is 1. The van der Waals surface area contributed by atoms with Gasteiger partial charge in [-0.05, 0) is 25.0 Å². The van der Waals surface area contributed by atoms with Gasteiger partial charge in [0.25, 0.3) is 0 Å². The molecule has 1 aromatic carbocycles. The molecule has 2 fully saturated rings. The van der Waals surface area contributed by atoms with Gasteiger partial charge in [0.1, 0.15) is 11.9 Å². The molecule has 1 aromatic heterocycles. The lowest BCUT2D eigenvalue weighted by atomic mass is 9.88. The molecular formula is C21H26F3N3O4. The number of carboxylic acids is 1. The number of aromatic nitrogens is 2. The molecule has 4 rings (SSSR count). The van der Waals surface area contributed by atoms with Gasteiger partial charge >= 0.3 is 12.1 Å². The molecule has 3 heterocycles. The number of nitrogens with zero attached hydrogens (tertiary/aromatic N) is 3. The van der Waals surface area contributed by atoms with Crippen LogP contribution in [0.3, 0.4) is 0 Å². The van der Waals surface area contributed by atoms with Crippen molar-refractivity contribution in [3.63, 3.8) is 0 Å². The van der Waals surface area contributed by atoms with Gasteiger partial charge in [-0.15, -0.1) is 0 Å². The Labute approximate surface area is 178 Å². The first-order valence-electron chi connectivity index (χ1n) is 10.0. The van der Waals surface area contributed by atoms with E-state index in [9.17, 15) is 13.2 Å². The average Bonchev–Trinajstić information content (AvgIpc) is 3.30. The minimum atomic E-state index is -5.08. The number of ether oxygens (including phenoxy) is 2. The van der Waals surface area contributed by atoms with E-state index < -0.39 is 12.1 Å². The Bertz CT molecular complexity index is 849. The molecule has 7 nitrogen and oxygen atoms in total. The van der Waals surface area contributed by atoms with E-state index in [2.05, 4.69) is 16.2 Å². The van der Waals surface area contributed by atoms with Gasteiger partial charge < -0.3 is 14.6 Å². The molecule has 0 bridgehead atoms. The fourth-order valence-corrected chi connectivity index (χ4v) is 3.85. The van der Waals surface area contributed by atoms with Crippen LogP contribution in [0.1, 0.15) is 24.8 Å². The molecule has 2 aliphatic rings. The van der Waals surface area contributed by atoms with Crippen LogP contribution >= 0.6 is 0 Å². The molecule has 1 atom stereocenters. The van der Waals surface area contributed by atoms with Gasteiger partial charge in [0.2, 0.25) is 0 Å². The average molecular weight is 441 g/mol. The van der Waals surface area contributed by atoms with Gasteiger partial charge in [0.05, 0.1) is 18.4 Å². The molecular weight excluding hydrogens is 415 g/mol. The number of aryl methyl sites for hydroxylation is 1. The number of rotatable bonds is 4. The van der Waals surface area contributed by atoms with Crippen molar-refractivity contribution < 1.29 is 32.5 Å². The molecule has 170 valence electrons. The van der Waals surface area contributed by atoms with Gasteiger partial charge in [-0.25, -0.2) is 4.79 Å². The molecule has 2 aromatic rings. The Kier molecular flexibility index (Phi) is 7.22. The third-order valence-electron chi connectivity index (χ3n) is 5.40. The van der Waals surface area contributed by atoms with Crippen LogP contribution < -0.4 is 4.74 Å². The quantitative estimate of drug-likeness (QED) is 0.785. The van der Waals surface area contributed by atoms with Crippen molar-refractivity contribution in [1.29, 1.82) is 0 Å². The van der Waals surface area contributed by atoms with Crippen molar-refractivity contribution in [2.75, 3.05) is 19.7 Å². The van der Waals surface area contributed by atoms with E-state index >= 15 is 0 Å². The number of piperidine rings is 1. The Morgan fingerprint density at radius 3 is 2.48 bits per heavy atom. The normalized spacial score (nSPS) is 20.8. The van der Waals surface area contributed by atoms with Gasteiger partial charge in [-0.3, -0.25) is 9.58 Å². The van der Waals surface area contributed by atoms with E-state index in [0.29, 0.717) is 6.61 Å². The second-order valence-corrected chi connectivity index (χ2v) is 7.85. The fourth-order valence-electron chi connectivity index (χ4n) is 3.85. The summed E-state index contributed by atoms with van der Waals surface area (Å²) in [6.07, 6.45) is 2.32. The molecule has 10 heteroatoms. The molecule has 31 heavy (non-hydrogen) atoms. The van der Waals surface area contributed by atoms with Crippen LogP contribution in [-0.2, 0) is 23.1 Å². The maximum Gasteiger partial charge on any atom is 0.490 e. The predicted octanol–water partition coefficient (Wildman–Crippen LogP) is 3.26. The Morgan fingerprint density at radius 1 is 1.29 bits per heavy atom. The van der Waals surface area contributed by atoms with Crippen LogP contribution in [0.25, 0.3) is 0 Å². The molecule has 1 spiro atoms. The molecule has 1 N–H and O–H groups in total. The third-order valence-corrected chi connectivity index (χ3v) is 5.40. The molecule has 0 radical (unpaired) electrons. The summed E-state index contributed by atoms with van der Waals surface area (Å²) in [4.78, 5) is 11.4. The second kappa shape index (κ2) is 9.69. The SMILES string of the molecule is Cn1cc(CN2CCC3(CC2)CC(Oc2ccccc2)CO3)cn1.O=C(O)C(F)(F)F. The minimum absolute atomic E-state index is 0.0187. The Morgan fingerprint density at radius 2 is 1.94 bits per heavy atom. The van der Waals surface area contributed by atoms with Crippen LogP contribution in [0.2, 0.25) is 0 Å². The van der Waals surface area contributed by atoms with E-state index in [1.54, 1.807) is 0 Å². The molecule has 1 unspecified atom stereocenters. The van der Waals surface area contributed by atoms with Crippen molar-refractivity contribution in [2.24, 2.45) is 7.05 Å². The maximum atomic E-state index is 10.6. The molecule has 2 aliphatic heterocycles. The largest absolute Gasteiger partial charge is 0.490 e. The number of hydrogen-bond donors (Lipinski definition) is 1. The smallest absolute Gasteiger partial charge is 0.488 e. The summed E-state index contributed by atoms with van der Waals surface area (Å²) in [5, 5.41) is 11.4. The summed E-state index contributed by atoms with van der Waals surface area (Å²) in [6, 6.07) is 10.1. The predicted molar refractivity (Wildman–Crippen MR) is 106 cm³/mol. The van der Waals surface area contributed by atoms with E-state index in [0.717, 1.165) is 44.6 Å². The van der Waals surface area contributed by atoms with Crippen LogP contribution in [-0.4, -0.2) is 63.3 Å². The van der Waals surface area contributed by atoms with Crippen LogP contribution in [0.4, 0.5) is 13.2 Å². The summed E-state index contributed by atoms with van der Waals surface area (Å²) in [5.41, 5.74) is 1.30. The highest BCUT2D eigenvalue weighted by Gasteiger charge is 2.43. The molecule has 0 saturated carbocycles. The van der Waals surface area contributed by atoms with Crippen molar-refractivity contribution in [2.45, 2.75) is 43.7 Å². The number of alkyl halides is 3. The van der Waals surface area contributed by atoms with Crippen LogP contribution in [0.5, 0.6) is 5.75 Å². The van der Waals surface area contributed by atoms with Crippen molar-refractivity contribution in [1.82, 2.24) is 14.7 Å². The number of benzene rings is 1. The number of aliphatic carboxylic acids is 1. The van der Waals surface area contributed by atoms with E-state index in [-0.39, 0.29) is 11.7 Å². The topological polar surface area (TPSA) is 76.8 Å². The van der Waals surface area contributed by atoms with Crippen molar-refractivity contribution >= 4 is 5.97 Å². The lowest BCUT2D eigenvalue weighted by Crippen LogP contribution is -2.44. The highest BCUT2D eigenvalue weighted by molar-refractivity contribution is 5.73. The summed E-state index contributed by atoms with van der Waals surface area (Å²) >= 11 is 0. The number of carboxylic acid groups (broad SMARTS) is 1. The van der Waals surface area contributed by atoms with E-state index in [1.807, 2.05) is 48.3 Å². The van der Waals surface area contributed by atoms with E-state index in [1.165, 1.54) is 5.56 Å². The number of para-hydroxylation sites is 1. The molecule has 2 saturated heterocycles. The molecule has 0 amide bonds. The first-order valence-corrected chi connectivity index (χ1v) is 10.0. The minimum Gasteiger partial charge on any atom is -0.488 e. The van der Waals surface area contributed by atoms with Crippen LogP contribution in [0, 0.1) is 0 Å². The Balaban J connectivity index is 0.000000339. The monoisotopic (exact) mass is 441 g/mol. The van der Waals surface area contributed by atoms with Gasteiger partial charge in [-0.1, -0.05) is 18.2 Å². The zero-order chi connectivity index (χ0) is 22.5. The lowest BCUT2D eigenvalue weighted by molar-refractivity contribution is -0.192. The van der Waals surface area contributed by atoms with E-state index in [4.69, 9.17) is 19.4 Å². The number of hydrogen-bond acceptors (Lipinski definition) is 5. The Hall–Kier alpha value is -2.59. The van der Waals surface area contributed by atoms with Gasteiger partial charge in [-0.2, -0.15) is 18.3 Å². The number of halogens is 3. The second-order valence-electron chi connectivity index (χ2n) is 7.85. The first-order chi connectivity index (χ1) is 14.7. The zero-order valence-electron chi connectivity index (χ0n) is 17.2. The zero-order valence-corrected chi connectivity index (χ0v) is 17.2. The standard InChI is InChI=1S/C19H25N3O2.C2HF3O2/c1-21-13-16(12-20-21)14-22-9-7-19(8-10-22)11-18(15-23-19)24-17-5-3-2-4-6-17;3-2(4,5)1(6)7/h2-6,12-13,18H,7-11,14-15H2,1H3;(H,6,7). The summed E-state index contributed by atoms with van der Waals surface area (Å²) in [5.74, 6) is -1.82. The molecule has 0 aliphatic carbocycles.